The number of methoxy groups -OCH3 is 1. The third kappa shape index (κ3) is 2.78. The highest BCUT2D eigenvalue weighted by molar-refractivity contribution is 5.59. The first-order valence-corrected chi connectivity index (χ1v) is 6.68. The van der Waals surface area contributed by atoms with E-state index < -0.39 is 0 Å². The molecule has 1 atom stereocenters. The monoisotopic (exact) mass is 248 g/mol. The van der Waals surface area contributed by atoms with Gasteiger partial charge in [-0.1, -0.05) is 12.1 Å². The highest BCUT2D eigenvalue weighted by atomic mass is 16.5. The van der Waals surface area contributed by atoms with Crippen LogP contribution in [0.5, 0.6) is 5.75 Å². The van der Waals surface area contributed by atoms with Gasteiger partial charge in [0.1, 0.15) is 5.75 Å². The summed E-state index contributed by atoms with van der Waals surface area (Å²) in [6, 6.07) is 8.81. The van der Waals surface area contributed by atoms with Crippen molar-refractivity contribution in [3.8, 4) is 5.75 Å². The van der Waals surface area contributed by atoms with Crippen LogP contribution in [0.25, 0.3) is 0 Å². The van der Waals surface area contributed by atoms with E-state index in [1.54, 1.807) is 7.11 Å². The number of para-hydroxylation sites is 2. The minimum Gasteiger partial charge on any atom is -0.495 e. The summed E-state index contributed by atoms with van der Waals surface area (Å²) in [6.07, 6.45) is 1.15. The summed E-state index contributed by atoms with van der Waals surface area (Å²) in [5.74, 6) is 0.960. The van der Waals surface area contributed by atoms with Crippen LogP contribution < -0.4 is 15.0 Å². The van der Waals surface area contributed by atoms with E-state index in [-0.39, 0.29) is 5.54 Å². The van der Waals surface area contributed by atoms with Crippen LogP contribution in [-0.2, 0) is 0 Å². The maximum atomic E-state index is 5.49. The van der Waals surface area contributed by atoms with Crippen LogP contribution in [0.3, 0.4) is 0 Å². The molecule has 0 aromatic heterocycles. The van der Waals surface area contributed by atoms with Crippen LogP contribution in [0, 0.1) is 0 Å². The number of benzene rings is 1. The standard InChI is InChI=1S/C15H24N2O/c1-12-9-10-16-15(2,3)11-17(12)13-7-5-6-8-14(13)18-4/h5-8,12,16H,9-11H2,1-4H3. The van der Waals surface area contributed by atoms with Crippen molar-refractivity contribution in [2.24, 2.45) is 0 Å². The van der Waals surface area contributed by atoms with Crippen LogP contribution in [0.4, 0.5) is 5.69 Å². The second kappa shape index (κ2) is 5.19. The highest BCUT2D eigenvalue weighted by Crippen LogP contribution is 2.31. The van der Waals surface area contributed by atoms with Gasteiger partial charge in [-0.05, 0) is 45.9 Å². The first-order valence-electron chi connectivity index (χ1n) is 6.68. The van der Waals surface area contributed by atoms with Crippen LogP contribution in [-0.4, -0.2) is 31.8 Å². The molecular weight excluding hydrogens is 224 g/mol. The highest BCUT2D eigenvalue weighted by Gasteiger charge is 2.29. The first-order chi connectivity index (χ1) is 8.53. The van der Waals surface area contributed by atoms with Gasteiger partial charge >= 0.3 is 0 Å². The molecule has 1 N–H and O–H groups in total. The molecule has 0 spiro atoms. The van der Waals surface area contributed by atoms with E-state index >= 15 is 0 Å². The Balaban J connectivity index is 2.33. The van der Waals surface area contributed by atoms with Gasteiger partial charge < -0.3 is 15.0 Å². The molecule has 1 heterocycles. The summed E-state index contributed by atoms with van der Waals surface area (Å²) in [7, 11) is 1.74. The Morgan fingerprint density at radius 1 is 1.33 bits per heavy atom. The van der Waals surface area contributed by atoms with Gasteiger partial charge in [-0.3, -0.25) is 0 Å². The van der Waals surface area contributed by atoms with Crippen molar-refractivity contribution in [1.82, 2.24) is 5.32 Å². The van der Waals surface area contributed by atoms with E-state index in [4.69, 9.17) is 4.74 Å². The molecule has 100 valence electrons. The molecular formula is C15H24N2O. The van der Waals surface area contributed by atoms with Crippen molar-refractivity contribution < 1.29 is 4.74 Å². The van der Waals surface area contributed by atoms with Crippen molar-refractivity contribution in [3.05, 3.63) is 24.3 Å². The van der Waals surface area contributed by atoms with Crippen LogP contribution >= 0.6 is 0 Å². The summed E-state index contributed by atoms with van der Waals surface area (Å²) >= 11 is 0. The zero-order valence-corrected chi connectivity index (χ0v) is 11.9. The normalized spacial score (nSPS) is 23.6. The van der Waals surface area contributed by atoms with Gasteiger partial charge in [0, 0.05) is 18.1 Å². The van der Waals surface area contributed by atoms with Crippen molar-refractivity contribution in [3.63, 3.8) is 0 Å². The van der Waals surface area contributed by atoms with E-state index in [0.717, 1.165) is 25.3 Å². The lowest BCUT2D eigenvalue weighted by molar-refractivity contribution is 0.402. The van der Waals surface area contributed by atoms with Crippen LogP contribution in [0.15, 0.2) is 24.3 Å². The SMILES string of the molecule is COc1ccccc1N1CC(C)(C)NCCC1C. The summed E-state index contributed by atoms with van der Waals surface area (Å²) in [5.41, 5.74) is 1.33. The van der Waals surface area contributed by atoms with Gasteiger partial charge in [-0.25, -0.2) is 0 Å². The third-order valence-electron chi connectivity index (χ3n) is 3.66. The summed E-state index contributed by atoms with van der Waals surface area (Å²) in [4.78, 5) is 2.46. The number of nitrogens with one attached hydrogen (secondary N) is 1. The molecule has 0 saturated carbocycles. The molecule has 1 unspecified atom stereocenters. The Bertz CT molecular complexity index is 403. The van der Waals surface area contributed by atoms with Gasteiger partial charge in [-0.15, -0.1) is 0 Å². The average molecular weight is 248 g/mol. The van der Waals surface area contributed by atoms with E-state index in [1.165, 1.54) is 5.69 Å². The fourth-order valence-corrected chi connectivity index (χ4v) is 2.60. The van der Waals surface area contributed by atoms with E-state index in [0.29, 0.717) is 6.04 Å². The smallest absolute Gasteiger partial charge is 0.142 e. The van der Waals surface area contributed by atoms with Gasteiger partial charge in [0.2, 0.25) is 0 Å². The Hall–Kier alpha value is -1.22. The first kappa shape index (κ1) is 13.2. The fourth-order valence-electron chi connectivity index (χ4n) is 2.60. The number of anilines is 1. The van der Waals surface area contributed by atoms with Gasteiger partial charge in [0.15, 0.2) is 0 Å². The molecule has 3 nitrogen and oxygen atoms in total. The van der Waals surface area contributed by atoms with Gasteiger partial charge in [0.25, 0.3) is 0 Å². The second-order valence-electron chi connectivity index (χ2n) is 5.75. The van der Waals surface area contributed by atoms with Crippen molar-refractivity contribution in [2.45, 2.75) is 38.8 Å². The molecule has 0 bridgehead atoms. The van der Waals surface area contributed by atoms with E-state index in [1.807, 2.05) is 12.1 Å². The van der Waals surface area contributed by atoms with E-state index in [9.17, 15) is 0 Å². The Labute approximate surface area is 110 Å². The number of nitrogens with zero attached hydrogens (tertiary/aromatic N) is 1. The molecule has 3 heteroatoms. The molecule has 1 aliphatic heterocycles. The molecule has 2 rings (SSSR count). The maximum Gasteiger partial charge on any atom is 0.142 e. The summed E-state index contributed by atoms with van der Waals surface area (Å²) in [6.45, 7) is 8.87. The lowest BCUT2D eigenvalue weighted by Crippen LogP contribution is -2.47. The molecule has 1 aliphatic rings. The number of hydrogen-bond acceptors (Lipinski definition) is 3. The number of ether oxygens (including phenoxy) is 1. The maximum absolute atomic E-state index is 5.49. The molecule has 1 aromatic rings. The molecule has 1 fully saturated rings. The largest absolute Gasteiger partial charge is 0.495 e. The van der Waals surface area contributed by atoms with Crippen molar-refractivity contribution >= 4 is 5.69 Å². The van der Waals surface area contributed by atoms with Crippen LogP contribution in [0.2, 0.25) is 0 Å². The van der Waals surface area contributed by atoms with Crippen molar-refractivity contribution in [2.75, 3.05) is 25.1 Å². The number of hydrogen-bond donors (Lipinski definition) is 1. The lowest BCUT2D eigenvalue weighted by Gasteiger charge is -2.35. The zero-order chi connectivity index (χ0) is 13.2. The average Bonchev–Trinajstić information content (AvgIpc) is 2.48. The predicted molar refractivity (Wildman–Crippen MR) is 76.5 cm³/mol. The minimum absolute atomic E-state index is 0.131. The number of rotatable bonds is 2. The Morgan fingerprint density at radius 3 is 2.78 bits per heavy atom. The molecule has 18 heavy (non-hydrogen) atoms. The molecule has 0 aliphatic carbocycles. The van der Waals surface area contributed by atoms with Crippen LogP contribution in [0.1, 0.15) is 27.2 Å². The Morgan fingerprint density at radius 2 is 2.06 bits per heavy atom. The lowest BCUT2D eigenvalue weighted by atomic mass is 10.0. The van der Waals surface area contributed by atoms with Crippen molar-refractivity contribution in [1.29, 1.82) is 0 Å². The quantitative estimate of drug-likeness (QED) is 0.871. The molecule has 0 amide bonds. The zero-order valence-electron chi connectivity index (χ0n) is 11.9. The summed E-state index contributed by atoms with van der Waals surface area (Å²) < 4.78 is 5.49. The molecule has 0 radical (unpaired) electrons. The Kier molecular flexibility index (Phi) is 3.81. The molecule has 1 aromatic carbocycles. The van der Waals surface area contributed by atoms with E-state index in [2.05, 4.69) is 43.1 Å². The topological polar surface area (TPSA) is 24.5 Å². The third-order valence-corrected chi connectivity index (χ3v) is 3.66. The van der Waals surface area contributed by atoms with Gasteiger partial charge in [-0.2, -0.15) is 0 Å². The summed E-state index contributed by atoms with van der Waals surface area (Å²) in [5, 5.41) is 3.61. The minimum atomic E-state index is 0.131. The fraction of sp³-hybridized carbons (Fsp3) is 0.600. The van der Waals surface area contributed by atoms with Gasteiger partial charge in [0.05, 0.1) is 12.8 Å². The molecule has 1 saturated heterocycles. The second-order valence-corrected chi connectivity index (χ2v) is 5.75. The predicted octanol–water partition coefficient (Wildman–Crippen LogP) is 2.66.